The number of benzene rings is 2. The Morgan fingerprint density at radius 1 is 1.11 bits per heavy atom. The van der Waals surface area contributed by atoms with Crippen LogP contribution in [0.1, 0.15) is 21.5 Å². The number of aromatic nitrogens is 4. The van der Waals surface area contributed by atoms with Crippen molar-refractivity contribution in [3.8, 4) is 11.3 Å². The number of amides is 1. The number of hydrogen-bond acceptors (Lipinski definition) is 3. The summed E-state index contributed by atoms with van der Waals surface area (Å²) in [5.41, 5.74) is 4.17. The van der Waals surface area contributed by atoms with E-state index in [2.05, 4.69) is 26.7 Å². The van der Waals surface area contributed by atoms with Crippen LogP contribution in [0.3, 0.4) is 0 Å². The van der Waals surface area contributed by atoms with Crippen LogP contribution < -0.4 is 5.32 Å². The molecule has 0 radical (unpaired) electrons. The maximum Gasteiger partial charge on any atom is 0.255 e. The number of rotatable bonds is 6. The quantitative estimate of drug-likeness (QED) is 0.523. The highest BCUT2D eigenvalue weighted by atomic mass is 35.5. The molecule has 0 unspecified atom stereocenters. The SMILES string of the molecule is O=C(NCc1cccc(Cn2cccn2)c1)c1cn[nH]c1-c1ccc(Cl)cc1. The zero-order chi connectivity index (χ0) is 19.3. The first-order valence-corrected chi connectivity index (χ1v) is 9.19. The highest BCUT2D eigenvalue weighted by Gasteiger charge is 2.15. The molecule has 0 bridgehead atoms. The molecule has 0 spiro atoms. The molecule has 0 atom stereocenters. The number of hydrogen-bond donors (Lipinski definition) is 2. The molecular formula is C21H18ClN5O. The fraction of sp³-hybridized carbons (Fsp3) is 0.0952. The van der Waals surface area contributed by atoms with Gasteiger partial charge in [0.15, 0.2) is 0 Å². The molecule has 140 valence electrons. The Balaban J connectivity index is 1.44. The molecule has 0 saturated carbocycles. The lowest BCUT2D eigenvalue weighted by Gasteiger charge is -2.08. The molecule has 4 aromatic rings. The number of halogens is 1. The summed E-state index contributed by atoms with van der Waals surface area (Å²) in [6, 6.07) is 17.2. The summed E-state index contributed by atoms with van der Waals surface area (Å²) in [6.07, 6.45) is 5.21. The van der Waals surface area contributed by atoms with Crippen LogP contribution in [-0.2, 0) is 13.1 Å². The van der Waals surface area contributed by atoms with E-state index in [1.165, 1.54) is 6.20 Å². The van der Waals surface area contributed by atoms with E-state index in [1.54, 1.807) is 18.3 Å². The molecule has 28 heavy (non-hydrogen) atoms. The van der Waals surface area contributed by atoms with Crippen molar-refractivity contribution in [1.29, 1.82) is 0 Å². The Labute approximate surface area is 167 Å². The van der Waals surface area contributed by atoms with Gasteiger partial charge in [0.05, 0.1) is 24.0 Å². The van der Waals surface area contributed by atoms with Crippen LogP contribution in [0.5, 0.6) is 0 Å². The van der Waals surface area contributed by atoms with Crippen LogP contribution in [0.25, 0.3) is 11.3 Å². The maximum atomic E-state index is 12.7. The molecule has 2 N–H and O–H groups in total. The van der Waals surface area contributed by atoms with Crippen molar-refractivity contribution in [2.75, 3.05) is 0 Å². The Morgan fingerprint density at radius 2 is 1.93 bits per heavy atom. The van der Waals surface area contributed by atoms with Crippen molar-refractivity contribution in [3.63, 3.8) is 0 Å². The summed E-state index contributed by atoms with van der Waals surface area (Å²) in [5, 5.41) is 14.7. The number of nitrogens with zero attached hydrogens (tertiary/aromatic N) is 3. The van der Waals surface area contributed by atoms with E-state index in [4.69, 9.17) is 11.6 Å². The number of nitrogens with one attached hydrogen (secondary N) is 2. The van der Waals surface area contributed by atoms with E-state index in [1.807, 2.05) is 47.3 Å². The number of carbonyl (C=O) groups excluding carboxylic acids is 1. The van der Waals surface area contributed by atoms with E-state index in [-0.39, 0.29) is 5.91 Å². The minimum atomic E-state index is -0.184. The Morgan fingerprint density at radius 3 is 2.71 bits per heavy atom. The van der Waals surface area contributed by atoms with Gasteiger partial charge in [0.2, 0.25) is 0 Å². The van der Waals surface area contributed by atoms with Crippen molar-refractivity contribution in [1.82, 2.24) is 25.3 Å². The van der Waals surface area contributed by atoms with Crippen LogP contribution in [0.15, 0.2) is 73.2 Å². The minimum absolute atomic E-state index is 0.184. The van der Waals surface area contributed by atoms with Crippen LogP contribution in [0.2, 0.25) is 5.02 Å². The van der Waals surface area contributed by atoms with Gasteiger partial charge in [0, 0.05) is 29.5 Å². The molecule has 0 aliphatic carbocycles. The lowest BCUT2D eigenvalue weighted by atomic mass is 10.1. The van der Waals surface area contributed by atoms with Crippen LogP contribution in [0.4, 0.5) is 0 Å². The normalized spacial score (nSPS) is 10.8. The molecule has 2 aromatic carbocycles. The largest absolute Gasteiger partial charge is 0.348 e. The zero-order valence-corrected chi connectivity index (χ0v) is 15.7. The highest BCUT2D eigenvalue weighted by Crippen LogP contribution is 2.23. The van der Waals surface area contributed by atoms with Gasteiger partial charge in [-0.1, -0.05) is 48.0 Å². The second-order valence-electron chi connectivity index (χ2n) is 6.37. The molecule has 0 fully saturated rings. The Hall–Kier alpha value is -3.38. The van der Waals surface area contributed by atoms with E-state index in [9.17, 15) is 4.79 Å². The molecule has 1 amide bonds. The lowest BCUT2D eigenvalue weighted by molar-refractivity contribution is 0.0951. The fourth-order valence-electron chi connectivity index (χ4n) is 2.99. The van der Waals surface area contributed by atoms with Gasteiger partial charge in [-0.15, -0.1) is 0 Å². The predicted molar refractivity (Wildman–Crippen MR) is 108 cm³/mol. The second kappa shape index (κ2) is 8.10. The highest BCUT2D eigenvalue weighted by molar-refractivity contribution is 6.30. The van der Waals surface area contributed by atoms with E-state index in [0.29, 0.717) is 29.4 Å². The van der Waals surface area contributed by atoms with Gasteiger partial charge in [-0.3, -0.25) is 14.6 Å². The summed E-state index contributed by atoms with van der Waals surface area (Å²) in [4.78, 5) is 12.7. The molecule has 6 nitrogen and oxygen atoms in total. The third kappa shape index (κ3) is 4.13. The van der Waals surface area contributed by atoms with Gasteiger partial charge < -0.3 is 5.32 Å². The first-order chi connectivity index (χ1) is 13.7. The van der Waals surface area contributed by atoms with E-state index >= 15 is 0 Å². The zero-order valence-electron chi connectivity index (χ0n) is 15.0. The number of carbonyl (C=O) groups is 1. The van der Waals surface area contributed by atoms with Gasteiger partial charge in [-0.05, 0) is 29.3 Å². The molecule has 0 aliphatic heterocycles. The summed E-state index contributed by atoms with van der Waals surface area (Å²) in [7, 11) is 0. The third-order valence-electron chi connectivity index (χ3n) is 4.37. The topological polar surface area (TPSA) is 75.6 Å². The maximum absolute atomic E-state index is 12.7. The van der Waals surface area contributed by atoms with Crippen molar-refractivity contribution < 1.29 is 4.79 Å². The lowest BCUT2D eigenvalue weighted by Crippen LogP contribution is -2.23. The molecule has 2 heterocycles. The van der Waals surface area contributed by atoms with Crippen molar-refractivity contribution >= 4 is 17.5 Å². The van der Waals surface area contributed by atoms with E-state index in [0.717, 1.165) is 16.7 Å². The van der Waals surface area contributed by atoms with E-state index < -0.39 is 0 Å². The standard InChI is InChI=1S/C21H18ClN5O/c22-18-7-5-17(6-8-18)20-19(13-24-26-20)21(28)23-12-15-3-1-4-16(11-15)14-27-10-2-9-25-27/h1-11,13H,12,14H2,(H,23,28)(H,24,26). The average molecular weight is 392 g/mol. The van der Waals surface area contributed by atoms with Crippen molar-refractivity contribution in [3.05, 3.63) is 94.9 Å². The second-order valence-corrected chi connectivity index (χ2v) is 6.81. The molecule has 2 aromatic heterocycles. The molecular weight excluding hydrogens is 374 g/mol. The van der Waals surface area contributed by atoms with Crippen LogP contribution in [-0.4, -0.2) is 25.9 Å². The first-order valence-electron chi connectivity index (χ1n) is 8.82. The third-order valence-corrected chi connectivity index (χ3v) is 4.62. The molecule has 7 heteroatoms. The smallest absolute Gasteiger partial charge is 0.255 e. The van der Waals surface area contributed by atoms with Gasteiger partial charge in [-0.2, -0.15) is 10.2 Å². The monoisotopic (exact) mass is 391 g/mol. The summed E-state index contributed by atoms with van der Waals surface area (Å²) in [5.74, 6) is -0.184. The summed E-state index contributed by atoms with van der Waals surface area (Å²) in [6.45, 7) is 1.12. The van der Waals surface area contributed by atoms with Crippen LogP contribution in [0, 0.1) is 0 Å². The number of H-pyrrole nitrogens is 1. The minimum Gasteiger partial charge on any atom is -0.348 e. The predicted octanol–water partition coefficient (Wildman–Crippen LogP) is 3.90. The van der Waals surface area contributed by atoms with Crippen LogP contribution >= 0.6 is 11.6 Å². The van der Waals surface area contributed by atoms with Gasteiger partial charge in [0.1, 0.15) is 0 Å². The fourth-order valence-corrected chi connectivity index (χ4v) is 3.12. The molecule has 0 saturated heterocycles. The van der Waals surface area contributed by atoms with Gasteiger partial charge in [-0.25, -0.2) is 0 Å². The Kier molecular flexibility index (Phi) is 5.21. The van der Waals surface area contributed by atoms with Crippen molar-refractivity contribution in [2.24, 2.45) is 0 Å². The average Bonchev–Trinajstić information content (AvgIpc) is 3.39. The molecule has 4 rings (SSSR count). The summed E-state index contributed by atoms with van der Waals surface area (Å²) < 4.78 is 1.86. The van der Waals surface area contributed by atoms with Crippen molar-refractivity contribution in [2.45, 2.75) is 13.1 Å². The van der Waals surface area contributed by atoms with Gasteiger partial charge in [0.25, 0.3) is 5.91 Å². The number of aromatic amines is 1. The Bertz CT molecular complexity index is 1070. The van der Waals surface area contributed by atoms with Gasteiger partial charge >= 0.3 is 0 Å². The first kappa shape index (κ1) is 18.0. The summed E-state index contributed by atoms with van der Waals surface area (Å²) >= 11 is 5.94. The molecule has 0 aliphatic rings.